The highest BCUT2D eigenvalue weighted by molar-refractivity contribution is 7.10. The molecule has 0 bridgehead atoms. The number of hydrogen-bond donors (Lipinski definition) is 2. The minimum Gasteiger partial charge on any atom is -0.480 e. The van der Waals surface area contributed by atoms with Crippen molar-refractivity contribution < 1.29 is 29.3 Å². The Labute approximate surface area is 107 Å². The zero-order chi connectivity index (χ0) is 13.9. The molecule has 98 valence electrons. The van der Waals surface area contributed by atoms with Gasteiger partial charge in [0.1, 0.15) is 0 Å². The molecule has 0 saturated carbocycles. The fourth-order valence-corrected chi connectivity index (χ4v) is 2.65. The van der Waals surface area contributed by atoms with E-state index in [0.717, 1.165) is 11.3 Å². The van der Waals surface area contributed by atoms with Gasteiger partial charge in [0.2, 0.25) is 0 Å². The number of carboxylic acid groups (broad SMARTS) is 2. The molecule has 0 atom stereocenters. The van der Waals surface area contributed by atoms with Crippen LogP contribution in [0.1, 0.15) is 17.4 Å². The van der Waals surface area contributed by atoms with Crippen molar-refractivity contribution in [2.24, 2.45) is 0 Å². The molecular formula is C11H12O6S. The van der Waals surface area contributed by atoms with Crippen LogP contribution in [0.4, 0.5) is 0 Å². The minimum atomic E-state index is -2.69. The SMILES string of the molecule is CCOC(=O)C(C(=O)O)(C(=O)O)c1sccc1C. The van der Waals surface area contributed by atoms with Crippen LogP contribution in [0.3, 0.4) is 0 Å². The number of ether oxygens (including phenoxy) is 1. The number of aliphatic carboxylic acids is 2. The second-order valence-corrected chi connectivity index (χ2v) is 4.43. The number of rotatable bonds is 5. The Morgan fingerprint density at radius 2 is 1.89 bits per heavy atom. The van der Waals surface area contributed by atoms with Gasteiger partial charge in [-0.15, -0.1) is 11.3 Å². The molecule has 0 radical (unpaired) electrons. The quantitative estimate of drug-likeness (QED) is 0.613. The molecule has 0 aliphatic heterocycles. The van der Waals surface area contributed by atoms with E-state index < -0.39 is 23.3 Å². The summed E-state index contributed by atoms with van der Waals surface area (Å²) in [5.74, 6) is -4.78. The largest absolute Gasteiger partial charge is 0.480 e. The summed E-state index contributed by atoms with van der Waals surface area (Å²) in [5.41, 5.74) is -2.26. The highest BCUT2D eigenvalue weighted by atomic mass is 32.1. The Hall–Kier alpha value is -1.89. The van der Waals surface area contributed by atoms with Crippen LogP contribution in [0, 0.1) is 6.92 Å². The molecule has 0 spiro atoms. The van der Waals surface area contributed by atoms with Gasteiger partial charge in [0.05, 0.1) is 6.61 Å². The van der Waals surface area contributed by atoms with Crippen molar-refractivity contribution in [2.45, 2.75) is 19.3 Å². The van der Waals surface area contributed by atoms with Crippen molar-refractivity contribution in [3.63, 3.8) is 0 Å². The molecule has 7 heteroatoms. The summed E-state index contributed by atoms with van der Waals surface area (Å²) in [5, 5.41) is 20.0. The van der Waals surface area contributed by atoms with Gasteiger partial charge in [0.25, 0.3) is 5.41 Å². The predicted octanol–water partition coefficient (Wildman–Crippen LogP) is 1.03. The van der Waals surface area contributed by atoms with E-state index in [1.165, 1.54) is 12.3 Å². The summed E-state index contributed by atoms with van der Waals surface area (Å²) >= 11 is 0.905. The molecule has 0 aliphatic carbocycles. The fraction of sp³-hybridized carbons (Fsp3) is 0.364. The lowest BCUT2D eigenvalue weighted by molar-refractivity contribution is -0.170. The molecule has 0 unspecified atom stereocenters. The van der Waals surface area contributed by atoms with Crippen LogP contribution in [0.15, 0.2) is 11.4 Å². The van der Waals surface area contributed by atoms with Crippen LogP contribution in [0.2, 0.25) is 0 Å². The van der Waals surface area contributed by atoms with Crippen LogP contribution in [-0.2, 0) is 24.5 Å². The first-order chi connectivity index (χ1) is 8.38. The number of esters is 1. The topological polar surface area (TPSA) is 101 Å². The lowest BCUT2D eigenvalue weighted by Gasteiger charge is -2.22. The summed E-state index contributed by atoms with van der Waals surface area (Å²) in [6.45, 7) is 2.94. The standard InChI is InChI=1S/C11H12O6S/c1-3-17-10(16)11(8(12)13,9(14)15)7-6(2)4-5-18-7/h4-5H,3H2,1-2H3,(H,12,13)(H,14,15). The predicted molar refractivity (Wildman–Crippen MR) is 62.6 cm³/mol. The first kappa shape index (κ1) is 14.2. The smallest absolute Gasteiger partial charge is 0.340 e. The average Bonchev–Trinajstić information content (AvgIpc) is 2.65. The summed E-state index contributed by atoms with van der Waals surface area (Å²) in [7, 11) is 0. The van der Waals surface area contributed by atoms with Gasteiger partial charge >= 0.3 is 17.9 Å². The Morgan fingerprint density at radius 3 is 2.22 bits per heavy atom. The summed E-state index contributed by atoms with van der Waals surface area (Å²) in [6.07, 6.45) is 0. The second kappa shape index (κ2) is 5.18. The Bertz CT molecular complexity index is 475. The Kier molecular flexibility index (Phi) is 4.07. The van der Waals surface area contributed by atoms with Gasteiger partial charge in [0, 0.05) is 4.88 Å². The third kappa shape index (κ3) is 1.97. The van der Waals surface area contributed by atoms with E-state index >= 15 is 0 Å². The van der Waals surface area contributed by atoms with Crippen LogP contribution in [0.5, 0.6) is 0 Å². The van der Waals surface area contributed by atoms with Crippen molar-refractivity contribution >= 4 is 29.2 Å². The van der Waals surface area contributed by atoms with Crippen LogP contribution < -0.4 is 0 Å². The Morgan fingerprint density at radius 1 is 1.33 bits per heavy atom. The molecule has 2 N–H and O–H groups in total. The molecule has 1 aromatic rings. The van der Waals surface area contributed by atoms with Gasteiger partial charge in [-0.3, -0.25) is 0 Å². The van der Waals surface area contributed by atoms with Crippen molar-refractivity contribution in [3.05, 3.63) is 21.9 Å². The summed E-state index contributed by atoms with van der Waals surface area (Å²) < 4.78 is 4.61. The van der Waals surface area contributed by atoms with Gasteiger partial charge < -0.3 is 14.9 Å². The van der Waals surface area contributed by atoms with Crippen molar-refractivity contribution in [1.82, 2.24) is 0 Å². The number of hydrogen-bond acceptors (Lipinski definition) is 5. The van der Waals surface area contributed by atoms with Crippen molar-refractivity contribution in [2.75, 3.05) is 6.61 Å². The van der Waals surface area contributed by atoms with E-state index in [4.69, 9.17) is 0 Å². The zero-order valence-corrected chi connectivity index (χ0v) is 10.6. The average molecular weight is 272 g/mol. The molecule has 0 fully saturated rings. The van der Waals surface area contributed by atoms with E-state index in [9.17, 15) is 24.6 Å². The minimum absolute atomic E-state index is 0.0408. The lowest BCUT2D eigenvalue weighted by atomic mass is 9.84. The van der Waals surface area contributed by atoms with Crippen molar-refractivity contribution in [3.8, 4) is 0 Å². The molecule has 0 saturated heterocycles. The first-order valence-electron chi connectivity index (χ1n) is 5.07. The van der Waals surface area contributed by atoms with Crippen molar-refractivity contribution in [1.29, 1.82) is 0 Å². The molecule has 0 aliphatic rings. The van der Waals surface area contributed by atoms with Gasteiger partial charge in [-0.25, -0.2) is 14.4 Å². The van der Waals surface area contributed by atoms with Crippen LogP contribution >= 0.6 is 11.3 Å². The van der Waals surface area contributed by atoms with Gasteiger partial charge in [-0.05, 0) is 30.9 Å². The highest BCUT2D eigenvalue weighted by Gasteiger charge is 2.58. The maximum Gasteiger partial charge on any atom is 0.340 e. The molecule has 0 amide bonds. The number of carboxylic acids is 2. The molecule has 1 heterocycles. The van der Waals surface area contributed by atoms with E-state index in [0.29, 0.717) is 5.56 Å². The Balaban J connectivity index is 3.51. The number of thiophene rings is 1. The first-order valence-corrected chi connectivity index (χ1v) is 5.95. The summed E-state index contributed by atoms with van der Waals surface area (Å²) in [6, 6.07) is 1.56. The lowest BCUT2D eigenvalue weighted by Crippen LogP contribution is -2.51. The molecule has 6 nitrogen and oxygen atoms in total. The maximum absolute atomic E-state index is 11.8. The highest BCUT2D eigenvalue weighted by Crippen LogP contribution is 2.34. The molecule has 1 aromatic heterocycles. The van der Waals surface area contributed by atoms with Gasteiger partial charge in [0.15, 0.2) is 0 Å². The fourth-order valence-electron chi connectivity index (χ4n) is 1.55. The van der Waals surface area contributed by atoms with E-state index in [2.05, 4.69) is 4.74 Å². The second-order valence-electron chi connectivity index (χ2n) is 3.51. The van der Waals surface area contributed by atoms with Gasteiger partial charge in [-0.2, -0.15) is 0 Å². The third-order valence-electron chi connectivity index (χ3n) is 2.43. The molecule has 1 rings (SSSR count). The van der Waals surface area contributed by atoms with E-state index in [1.54, 1.807) is 13.0 Å². The number of carbonyl (C=O) groups excluding carboxylic acids is 1. The van der Waals surface area contributed by atoms with E-state index in [1.807, 2.05) is 0 Å². The van der Waals surface area contributed by atoms with Gasteiger partial charge in [-0.1, -0.05) is 0 Å². The summed E-state index contributed by atoms with van der Waals surface area (Å²) in [4.78, 5) is 34.5. The number of carbonyl (C=O) groups is 3. The molecular weight excluding hydrogens is 260 g/mol. The maximum atomic E-state index is 11.8. The third-order valence-corrected chi connectivity index (χ3v) is 3.56. The molecule has 18 heavy (non-hydrogen) atoms. The monoisotopic (exact) mass is 272 g/mol. The number of aryl methyl sites for hydroxylation is 1. The van der Waals surface area contributed by atoms with E-state index in [-0.39, 0.29) is 11.5 Å². The van der Waals surface area contributed by atoms with Crippen LogP contribution in [-0.4, -0.2) is 34.7 Å². The zero-order valence-electron chi connectivity index (χ0n) is 9.80. The van der Waals surface area contributed by atoms with Crippen LogP contribution in [0.25, 0.3) is 0 Å². The molecule has 0 aromatic carbocycles. The normalized spacial score (nSPS) is 11.0.